The van der Waals surface area contributed by atoms with E-state index >= 15 is 0 Å². The van der Waals surface area contributed by atoms with Gasteiger partial charge in [0, 0.05) is 0 Å². The normalized spacial score (nSPS) is 26.4. The molecule has 1 aromatic rings. The third-order valence-corrected chi connectivity index (χ3v) is 4.05. The fourth-order valence-corrected chi connectivity index (χ4v) is 2.87. The van der Waals surface area contributed by atoms with Crippen LogP contribution >= 0.6 is 0 Å². The molecule has 1 saturated carbocycles. The molecule has 0 spiro atoms. The Morgan fingerprint density at radius 2 is 1.62 bits per heavy atom. The maximum Gasteiger partial charge on any atom is 0.321 e. The Bertz CT molecular complexity index is 641. The van der Waals surface area contributed by atoms with Crippen LogP contribution in [0.5, 0.6) is 5.75 Å². The molecule has 3 rings (SSSR count). The van der Waals surface area contributed by atoms with Gasteiger partial charge in [-0.1, -0.05) is 12.2 Å². The van der Waals surface area contributed by atoms with E-state index in [9.17, 15) is 26.7 Å². The minimum atomic E-state index is -2.29. The maximum absolute atomic E-state index is 13.5. The Balaban J connectivity index is 1.96. The first-order valence-electron chi connectivity index (χ1n) is 6.29. The first-order chi connectivity index (χ1) is 9.85. The highest BCUT2D eigenvalue weighted by atomic mass is 19.2. The zero-order valence-corrected chi connectivity index (χ0v) is 10.6. The summed E-state index contributed by atoms with van der Waals surface area (Å²) < 4.78 is 70.5. The number of esters is 1. The molecule has 112 valence electrons. The van der Waals surface area contributed by atoms with Crippen molar-refractivity contribution in [2.75, 3.05) is 0 Å². The molecule has 7 heteroatoms. The number of hydrogen-bond donors (Lipinski definition) is 0. The van der Waals surface area contributed by atoms with Crippen molar-refractivity contribution in [1.29, 1.82) is 0 Å². The number of ether oxygens (including phenoxy) is 1. The van der Waals surface area contributed by atoms with Gasteiger partial charge in [-0.15, -0.1) is 0 Å². The molecule has 2 aliphatic carbocycles. The van der Waals surface area contributed by atoms with E-state index in [0.717, 1.165) is 6.42 Å². The largest absolute Gasteiger partial charge is 0.419 e. The molecule has 0 radical (unpaired) electrons. The lowest BCUT2D eigenvalue weighted by Crippen LogP contribution is -2.30. The van der Waals surface area contributed by atoms with Crippen LogP contribution in [0, 0.1) is 40.4 Å². The topological polar surface area (TPSA) is 26.3 Å². The summed E-state index contributed by atoms with van der Waals surface area (Å²) in [7, 11) is 0. The number of halogens is 5. The molecule has 1 aromatic carbocycles. The van der Waals surface area contributed by atoms with Gasteiger partial charge in [0.05, 0.1) is 5.41 Å². The number of carbonyl (C=O) groups excluding carboxylic acids is 1. The van der Waals surface area contributed by atoms with Gasteiger partial charge in [0.1, 0.15) is 0 Å². The van der Waals surface area contributed by atoms with E-state index in [-0.39, 0.29) is 5.92 Å². The highest BCUT2D eigenvalue weighted by Gasteiger charge is 2.48. The van der Waals surface area contributed by atoms with Crippen molar-refractivity contribution in [3.05, 3.63) is 41.2 Å². The molecular weight excluding hydrogens is 295 g/mol. The van der Waals surface area contributed by atoms with Crippen LogP contribution in [0.15, 0.2) is 12.2 Å². The van der Waals surface area contributed by atoms with Gasteiger partial charge >= 0.3 is 5.97 Å². The predicted molar refractivity (Wildman–Crippen MR) is 60.8 cm³/mol. The molecule has 2 bridgehead atoms. The minimum Gasteiger partial charge on any atom is -0.419 e. The van der Waals surface area contributed by atoms with E-state index < -0.39 is 46.2 Å². The fourth-order valence-electron chi connectivity index (χ4n) is 2.87. The average Bonchev–Trinajstić information content (AvgIpc) is 3.09. The molecule has 0 heterocycles. The van der Waals surface area contributed by atoms with Crippen molar-refractivity contribution in [2.45, 2.75) is 19.3 Å². The second-order valence-corrected chi connectivity index (χ2v) is 5.31. The lowest BCUT2D eigenvalue weighted by atomic mass is 9.88. The van der Waals surface area contributed by atoms with Gasteiger partial charge in [0.2, 0.25) is 34.8 Å². The van der Waals surface area contributed by atoms with Crippen molar-refractivity contribution in [2.24, 2.45) is 11.3 Å². The van der Waals surface area contributed by atoms with E-state index in [1.54, 1.807) is 12.2 Å². The summed E-state index contributed by atoms with van der Waals surface area (Å²) in [6.07, 6.45) is 4.96. The molecular formula is C14H9F5O2. The van der Waals surface area contributed by atoms with E-state index in [1.807, 2.05) is 0 Å². The Labute approximate surface area is 116 Å². The van der Waals surface area contributed by atoms with Gasteiger partial charge in [-0.05, 0) is 25.2 Å². The lowest BCUT2D eigenvalue weighted by Gasteiger charge is -2.21. The van der Waals surface area contributed by atoms with Crippen LogP contribution in [0.4, 0.5) is 22.0 Å². The molecule has 0 N–H and O–H groups in total. The summed E-state index contributed by atoms with van der Waals surface area (Å²) in [5.41, 5.74) is -1.02. The van der Waals surface area contributed by atoms with Crippen LogP contribution < -0.4 is 4.74 Å². The highest BCUT2D eigenvalue weighted by molar-refractivity contribution is 5.82. The molecule has 1 fully saturated rings. The summed E-state index contributed by atoms with van der Waals surface area (Å²) in [4.78, 5) is 12.1. The number of carbonyl (C=O) groups is 1. The Morgan fingerprint density at radius 3 is 2.05 bits per heavy atom. The number of allylic oxidation sites excluding steroid dienone is 1. The first kappa shape index (κ1) is 14.0. The summed E-state index contributed by atoms with van der Waals surface area (Å²) in [5, 5.41) is 0. The van der Waals surface area contributed by atoms with Crippen molar-refractivity contribution < 1.29 is 31.5 Å². The number of rotatable bonds is 2. The van der Waals surface area contributed by atoms with Gasteiger partial charge in [0.15, 0.2) is 0 Å². The van der Waals surface area contributed by atoms with Crippen LogP contribution in [0.25, 0.3) is 0 Å². The third kappa shape index (κ3) is 1.94. The van der Waals surface area contributed by atoms with Crippen LogP contribution in [-0.2, 0) is 4.79 Å². The first-order valence-corrected chi connectivity index (χ1v) is 6.29. The number of benzene rings is 1. The second-order valence-electron chi connectivity index (χ2n) is 5.31. The summed E-state index contributed by atoms with van der Waals surface area (Å²) in [6, 6.07) is 0. The summed E-state index contributed by atoms with van der Waals surface area (Å²) in [5.74, 6) is -13.2. The molecule has 2 aliphatic rings. The van der Waals surface area contributed by atoms with E-state index in [1.165, 1.54) is 0 Å². The highest BCUT2D eigenvalue weighted by Crippen LogP contribution is 2.50. The van der Waals surface area contributed by atoms with Crippen molar-refractivity contribution in [3.63, 3.8) is 0 Å². The van der Waals surface area contributed by atoms with E-state index in [0.29, 0.717) is 12.8 Å². The Hall–Kier alpha value is -1.92. The Morgan fingerprint density at radius 1 is 1.05 bits per heavy atom. The summed E-state index contributed by atoms with van der Waals surface area (Å²) in [6.45, 7) is 0. The standard InChI is InChI=1S/C14H9F5O2/c15-7-8(16)10(18)12(11(19)9(7)17)21-13(20)14-3-1-6(5-14)2-4-14/h1,3,6H,2,4-5H2. The van der Waals surface area contributed by atoms with Crippen LogP contribution in [0.2, 0.25) is 0 Å². The average molecular weight is 304 g/mol. The predicted octanol–water partition coefficient (Wildman–Crippen LogP) is 3.64. The molecule has 2 nitrogen and oxygen atoms in total. The van der Waals surface area contributed by atoms with Gasteiger partial charge < -0.3 is 4.74 Å². The van der Waals surface area contributed by atoms with E-state index in [4.69, 9.17) is 0 Å². The maximum atomic E-state index is 13.5. The van der Waals surface area contributed by atoms with Crippen LogP contribution in [-0.4, -0.2) is 5.97 Å². The minimum absolute atomic E-state index is 0.189. The lowest BCUT2D eigenvalue weighted by molar-refractivity contribution is -0.143. The van der Waals surface area contributed by atoms with Gasteiger partial charge in [-0.3, -0.25) is 4.79 Å². The molecule has 0 saturated heterocycles. The van der Waals surface area contributed by atoms with Crippen molar-refractivity contribution in [1.82, 2.24) is 0 Å². The second kappa shape index (κ2) is 4.54. The zero-order chi connectivity index (χ0) is 15.4. The van der Waals surface area contributed by atoms with Gasteiger partial charge in [-0.25, -0.2) is 13.2 Å². The quantitative estimate of drug-likeness (QED) is 0.208. The van der Waals surface area contributed by atoms with Gasteiger partial charge in [0.25, 0.3) is 0 Å². The fraction of sp³-hybridized carbons (Fsp3) is 0.357. The third-order valence-electron chi connectivity index (χ3n) is 4.05. The molecule has 2 atom stereocenters. The molecule has 0 aliphatic heterocycles. The van der Waals surface area contributed by atoms with Crippen molar-refractivity contribution >= 4 is 5.97 Å². The molecule has 21 heavy (non-hydrogen) atoms. The zero-order valence-electron chi connectivity index (χ0n) is 10.6. The summed E-state index contributed by atoms with van der Waals surface area (Å²) >= 11 is 0. The smallest absolute Gasteiger partial charge is 0.321 e. The number of fused-ring (bicyclic) bond motifs is 2. The molecule has 0 aromatic heterocycles. The van der Waals surface area contributed by atoms with Crippen LogP contribution in [0.1, 0.15) is 19.3 Å². The van der Waals surface area contributed by atoms with Crippen LogP contribution in [0.3, 0.4) is 0 Å². The van der Waals surface area contributed by atoms with Gasteiger partial charge in [-0.2, -0.15) is 8.78 Å². The SMILES string of the molecule is O=C(Oc1c(F)c(F)c(F)c(F)c1F)C12C=CC(CC1)C2. The van der Waals surface area contributed by atoms with E-state index in [2.05, 4.69) is 4.74 Å². The van der Waals surface area contributed by atoms with Crippen molar-refractivity contribution in [3.8, 4) is 5.75 Å². The Kier molecular flexibility index (Phi) is 3.04. The number of hydrogen-bond acceptors (Lipinski definition) is 2. The monoisotopic (exact) mass is 304 g/mol. The molecule has 0 amide bonds. The molecule has 2 unspecified atom stereocenters.